The molecule has 4 heteroatoms. The quantitative estimate of drug-likeness (QED) is 0.735. The van der Waals surface area contributed by atoms with Crippen LogP contribution in [0, 0.1) is 0 Å². The minimum Gasteiger partial charge on any atom is -0.475 e. The fraction of sp³-hybridized carbons (Fsp3) is 0.364. The standard InChI is InChI=1S/C11H11BrO3/c1-11(10(13)14-2)6-7-3-4-8(12)5-9(7)15-11/h3-5H,6H2,1-2H3. The van der Waals surface area contributed by atoms with Crippen molar-refractivity contribution in [2.45, 2.75) is 18.9 Å². The molecule has 0 aliphatic carbocycles. The number of carbonyl (C=O) groups excluding carboxylic acids is 1. The number of ether oxygens (including phenoxy) is 2. The first-order valence-corrected chi connectivity index (χ1v) is 5.40. The predicted octanol–water partition coefficient (Wildman–Crippen LogP) is 2.32. The van der Waals surface area contributed by atoms with E-state index in [1.807, 2.05) is 18.2 Å². The first-order valence-electron chi connectivity index (χ1n) is 4.61. The largest absolute Gasteiger partial charge is 0.475 e. The molecule has 0 spiro atoms. The average Bonchev–Trinajstić information content (AvgIpc) is 2.53. The first-order chi connectivity index (χ1) is 7.05. The number of benzene rings is 1. The van der Waals surface area contributed by atoms with E-state index >= 15 is 0 Å². The zero-order valence-electron chi connectivity index (χ0n) is 8.54. The molecule has 0 bridgehead atoms. The molecule has 1 aliphatic rings. The van der Waals surface area contributed by atoms with Crippen molar-refractivity contribution in [2.75, 3.05) is 7.11 Å². The lowest BCUT2D eigenvalue weighted by Crippen LogP contribution is -2.40. The maximum atomic E-state index is 11.5. The number of carbonyl (C=O) groups is 1. The van der Waals surface area contributed by atoms with Gasteiger partial charge in [-0.25, -0.2) is 4.79 Å². The van der Waals surface area contributed by atoms with Crippen molar-refractivity contribution in [1.29, 1.82) is 0 Å². The molecule has 0 amide bonds. The topological polar surface area (TPSA) is 35.5 Å². The van der Waals surface area contributed by atoms with Gasteiger partial charge < -0.3 is 9.47 Å². The van der Waals surface area contributed by atoms with E-state index < -0.39 is 5.60 Å². The number of hydrogen-bond donors (Lipinski definition) is 0. The van der Waals surface area contributed by atoms with Crippen LogP contribution in [0.25, 0.3) is 0 Å². The minimum atomic E-state index is -0.877. The highest BCUT2D eigenvalue weighted by molar-refractivity contribution is 9.10. The number of methoxy groups -OCH3 is 1. The summed E-state index contributed by atoms with van der Waals surface area (Å²) >= 11 is 3.36. The van der Waals surface area contributed by atoms with Gasteiger partial charge in [-0.05, 0) is 24.6 Å². The second kappa shape index (κ2) is 3.52. The molecule has 1 aromatic rings. The van der Waals surface area contributed by atoms with E-state index in [0.29, 0.717) is 6.42 Å². The molecule has 1 atom stereocenters. The van der Waals surface area contributed by atoms with Gasteiger partial charge in [0, 0.05) is 10.9 Å². The highest BCUT2D eigenvalue weighted by Gasteiger charge is 2.42. The van der Waals surface area contributed by atoms with Crippen LogP contribution < -0.4 is 4.74 Å². The van der Waals surface area contributed by atoms with Crippen molar-refractivity contribution in [3.63, 3.8) is 0 Å². The van der Waals surface area contributed by atoms with Gasteiger partial charge in [0.15, 0.2) is 0 Å². The monoisotopic (exact) mass is 270 g/mol. The normalized spacial score (nSPS) is 23.1. The number of rotatable bonds is 1. The van der Waals surface area contributed by atoms with Gasteiger partial charge in [0.2, 0.25) is 5.60 Å². The van der Waals surface area contributed by atoms with Crippen LogP contribution in [-0.2, 0) is 16.0 Å². The van der Waals surface area contributed by atoms with E-state index in [2.05, 4.69) is 15.9 Å². The van der Waals surface area contributed by atoms with Crippen molar-refractivity contribution in [1.82, 2.24) is 0 Å². The van der Waals surface area contributed by atoms with Crippen LogP contribution in [0.2, 0.25) is 0 Å². The Balaban J connectivity index is 2.32. The van der Waals surface area contributed by atoms with Crippen LogP contribution in [0.4, 0.5) is 0 Å². The molecule has 2 rings (SSSR count). The lowest BCUT2D eigenvalue weighted by molar-refractivity contribution is -0.156. The molecular formula is C11H11BrO3. The second-order valence-corrected chi connectivity index (χ2v) is 4.67. The summed E-state index contributed by atoms with van der Waals surface area (Å²) in [4.78, 5) is 11.5. The molecule has 1 aliphatic heterocycles. The molecular weight excluding hydrogens is 260 g/mol. The van der Waals surface area contributed by atoms with Crippen molar-refractivity contribution >= 4 is 21.9 Å². The van der Waals surface area contributed by atoms with Crippen molar-refractivity contribution < 1.29 is 14.3 Å². The molecule has 1 unspecified atom stereocenters. The Bertz CT molecular complexity index is 416. The summed E-state index contributed by atoms with van der Waals surface area (Å²) in [5.74, 6) is 0.409. The van der Waals surface area contributed by atoms with Gasteiger partial charge in [0.05, 0.1) is 7.11 Å². The third-order valence-corrected chi connectivity index (χ3v) is 3.00. The Morgan fingerprint density at radius 3 is 3.00 bits per heavy atom. The second-order valence-electron chi connectivity index (χ2n) is 3.75. The van der Waals surface area contributed by atoms with E-state index in [0.717, 1.165) is 15.8 Å². The van der Waals surface area contributed by atoms with Crippen LogP contribution >= 0.6 is 15.9 Å². The van der Waals surface area contributed by atoms with E-state index in [1.54, 1.807) is 6.92 Å². The van der Waals surface area contributed by atoms with Crippen LogP contribution in [-0.4, -0.2) is 18.7 Å². The number of hydrogen-bond acceptors (Lipinski definition) is 3. The maximum Gasteiger partial charge on any atom is 0.350 e. The fourth-order valence-corrected chi connectivity index (χ4v) is 2.08. The van der Waals surface area contributed by atoms with Crippen molar-refractivity contribution in [3.05, 3.63) is 28.2 Å². The Labute approximate surface area is 96.5 Å². The predicted molar refractivity (Wildman–Crippen MR) is 58.9 cm³/mol. The summed E-state index contributed by atoms with van der Waals surface area (Å²) in [6.07, 6.45) is 0.558. The lowest BCUT2D eigenvalue weighted by Gasteiger charge is -2.20. The van der Waals surface area contributed by atoms with E-state index in [9.17, 15) is 4.79 Å². The fourth-order valence-electron chi connectivity index (χ4n) is 1.74. The molecule has 3 nitrogen and oxygen atoms in total. The highest BCUT2D eigenvalue weighted by Crippen LogP contribution is 2.37. The van der Waals surface area contributed by atoms with E-state index in [-0.39, 0.29) is 5.97 Å². The molecule has 0 saturated heterocycles. The SMILES string of the molecule is COC(=O)C1(C)Cc2ccc(Br)cc2O1. The van der Waals surface area contributed by atoms with E-state index in [4.69, 9.17) is 9.47 Å². The van der Waals surface area contributed by atoms with Crippen LogP contribution in [0.5, 0.6) is 5.75 Å². The highest BCUT2D eigenvalue weighted by atomic mass is 79.9. The molecule has 15 heavy (non-hydrogen) atoms. The van der Waals surface area contributed by atoms with Crippen LogP contribution in [0.3, 0.4) is 0 Å². The molecule has 0 fully saturated rings. The summed E-state index contributed by atoms with van der Waals surface area (Å²) in [6.45, 7) is 1.74. The summed E-state index contributed by atoms with van der Waals surface area (Å²) in [7, 11) is 1.37. The molecule has 0 aromatic heterocycles. The van der Waals surface area contributed by atoms with Gasteiger partial charge in [-0.3, -0.25) is 0 Å². The summed E-state index contributed by atoms with van der Waals surface area (Å²) < 4.78 is 11.3. The molecule has 0 saturated carbocycles. The van der Waals surface area contributed by atoms with Gasteiger partial charge >= 0.3 is 5.97 Å². The Morgan fingerprint density at radius 1 is 1.60 bits per heavy atom. The number of halogens is 1. The first kappa shape index (κ1) is 10.5. The maximum absolute atomic E-state index is 11.5. The Kier molecular flexibility index (Phi) is 2.46. The van der Waals surface area contributed by atoms with Crippen LogP contribution in [0.1, 0.15) is 12.5 Å². The van der Waals surface area contributed by atoms with E-state index in [1.165, 1.54) is 7.11 Å². The summed E-state index contributed by atoms with van der Waals surface area (Å²) in [6, 6.07) is 5.75. The van der Waals surface area contributed by atoms with Crippen molar-refractivity contribution in [3.8, 4) is 5.75 Å². The smallest absolute Gasteiger partial charge is 0.350 e. The van der Waals surface area contributed by atoms with Crippen LogP contribution in [0.15, 0.2) is 22.7 Å². The zero-order chi connectivity index (χ0) is 11.1. The van der Waals surface area contributed by atoms with Gasteiger partial charge in [-0.1, -0.05) is 22.0 Å². The lowest BCUT2D eigenvalue weighted by atomic mass is 10.00. The van der Waals surface area contributed by atoms with Crippen molar-refractivity contribution in [2.24, 2.45) is 0 Å². The van der Waals surface area contributed by atoms with Gasteiger partial charge in [0.25, 0.3) is 0 Å². The Hall–Kier alpha value is -1.03. The molecule has 0 radical (unpaired) electrons. The number of esters is 1. The zero-order valence-corrected chi connectivity index (χ0v) is 10.1. The third-order valence-electron chi connectivity index (χ3n) is 2.51. The number of fused-ring (bicyclic) bond motifs is 1. The molecule has 80 valence electrons. The van der Waals surface area contributed by atoms with Gasteiger partial charge in [0.1, 0.15) is 5.75 Å². The molecule has 1 aromatic carbocycles. The molecule has 1 heterocycles. The third kappa shape index (κ3) is 1.74. The molecule has 0 N–H and O–H groups in total. The Morgan fingerprint density at radius 2 is 2.33 bits per heavy atom. The van der Waals surface area contributed by atoms with Gasteiger partial charge in [-0.2, -0.15) is 0 Å². The summed E-state index contributed by atoms with van der Waals surface area (Å²) in [5, 5.41) is 0. The van der Waals surface area contributed by atoms with Gasteiger partial charge in [-0.15, -0.1) is 0 Å². The minimum absolute atomic E-state index is 0.338. The summed E-state index contributed by atoms with van der Waals surface area (Å²) in [5.41, 5.74) is 0.156. The average molecular weight is 271 g/mol.